The molecule has 220 valence electrons. The van der Waals surface area contributed by atoms with E-state index < -0.39 is 66.7 Å². The molecule has 0 spiro atoms. The predicted molar refractivity (Wildman–Crippen MR) is 145 cm³/mol. The summed E-state index contributed by atoms with van der Waals surface area (Å²) < 4.78 is 28.6. The molecule has 0 radical (unpaired) electrons. The standard InChI is InChI=1S/C25H27ClN4O10S/c1-12(31)36-11-19-20(37-13(2)32)21(38-14(3)33)22(39-15(4)34)24(40-19)30-25(41)29(27)23(35)18(28-30)10-7-16-5-8-17(26)9-6-16/h5-10,19-22,24H,11,27H2,1-4H3/b10-7+. The molecule has 0 saturated carbocycles. The maximum absolute atomic E-state index is 12.9. The Labute approximate surface area is 243 Å². The molecule has 0 amide bonds. The molecular weight excluding hydrogens is 584 g/mol. The van der Waals surface area contributed by atoms with Crippen LogP contribution in [0.15, 0.2) is 29.1 Å². The summed E-state index contributed by atoms with van der Waals surface area (Å²) in [5, 5.41) is 4.81. The molecule has 41 heavy (non-hydrogen) atoms. The summed E-state index contributed by atoms with van der Waals surface area (Å²) in [5.41, 5.74) is -0.272. The fourth-order valence-corrected chi connectivity index (χ4v) is 4.30. The molecule has 1 saturated heterocycles. The van der Waals surface area contributed by atoms with Crippen molar-refractivity contribution in [1.29, 1.82) is 0 Å². The summed E-state index contributed by atoms with van der Waals surface area (Å²) >= 11 is 11.3. The molecule has 2 N–H and O–H groups in total. The summed E-state index contributed by atoms with van der Waals surface area (Å²) in [5.74, 6) is 2.86. The average molecular weight is 611 g/mol. The van der Waals surface area contributed by atoms with Gasteiger partial charge in [0.05, 0.1) is 0 Å². The van der Waals surface area contributed by atoms with Crippen molar-refractivity contribution in [3.8, 4) is 0 Å². The predicted octanol–water partition coefficient (Wildman–Crippen LogP) is 1.57. The van der Waals surface area contributed by atoms with E-state index >= 15 is 0 Å². The van der Waals surface area contributed by atoms with Gasteiger partial charge in [0.15, 0.2) is 30.2 Å². The first-order valence-electron chi connectivity index (χ1n) is 12.0. The van der Waals surface area contributed by atoms with Gasteiger partial charge in [-0.2, -0.15) is 9.77 Å². The minimum atomic E-state index is -1.51. The number of hydrogen-bond donors (Lipinski definition) is 1. The second-order valence-electron chi connectivity index (χ2n) is 8.76. The van der Waals surface area contributed by atoms with Crippen molar-refractivity contribution in [2.75, 3.05) is 12.4 Å². The molecule has 14 nitrogen and oxygen atoms in total. The number of halogens is 1. The van der Waals surface area contributed by atoms with Crippen LogP contribution in [0.1, 0.15) is 45.2 Å². The maximum Gasteiger partial charge on any atom is 0.303 e. The summed E-state index contributed by atoms with van der Waals surface area (Å²) in [6.45, 7) is 3.96. The van der Waals surface area contributed by atoms with E-state index in [0.717, 1.165) is 32.4 Å². The van der Waals surface area contributed by atoms with Gasteiger partial charge in [0.2, 0.25) is 4.77 Å². The molecule has 1 fully saturated rings. The molecule has 0 aliphatic carbocycles. The third-order valence-corrected chi connectivity index (χ3v) is 6.20. The van der Waals surface area contributed by atoms with Gasteiger partial charge in [0, 0.05) is 32.7 Å². The molecule has 3 rings (SSSR count). The Bertz CT molecular complexity index is 1470. The van der Waals surface area contributed by atoms with Gasteiger partial charge in [-0.1, -0.05) is 29.8 Å². The molecule has 5 atom stereocenters. The first-order chi connectivity index (χ1) is 19.3. The highest BCUT2D eigenvalue weighted by atomic mass is 35.5. The minimum Gasteiger partial charge on any atom is -0.463 e. The fraction of sp³-hybridized carbons (Fsp3) is 0.400. The van der Waals surface area contributed by atoms with E-state index in [9.17, 15) is 24.0 Å². The van der Waals surface area contributed by atoms with E-state index in [2.05, 4.69) is 5.10 Å². The molecule has 1 aromatic carbocycles. The molecule has 2 heterocycles. The third kappa shape index (κ3) is 7.99. The van der Waals surface area contributed by atoms with E-state index in [4.69, 9.17) is 53.3 Å². The van der Waals surface area contributed by atoms with Gasteiger partial charge >= 0.3 is 23.9 Å². The first-order valence-corrected chi connectivity index (χ1v) is 12.8. The smallest absolute Gasteiger partial charge is 0.303 e. The lowest BCUT2D eigenvalue weighted by atomic mass is 9.97. The summed E-state index contributed by atoms with van der Waals surface area (Å²) in [7, 11) is 0. The van der Waals surface area contributed by atoms with Gasteiger partial charge in [-0.3, -0.25) is 24.0 Å². The zero-order valence-electron chi connectivity index (χ0n) is 22.3. The third-order valence-electron chi connectivity index (χ3n) is 5.57. The van der Waals surface area contributed by atoms with Crippen molar-refractivity contribution in [2.45, 2.75) is 58.3 Å². The Hall–Kier alpha value is -4.08. The van der Waals surface area contributed by atoms with Gasteiger partial charge in [-0.25, -0.2) is 4.68 Å². The number of carbonyl (C=O) groups excluding carboxylic acids is 4. The zero-order chi connectivity index (χ0) is 30.4. The van der Waals surface area contributed by atoms with Crippen molar-refractivity contribution in [3.63, 3.8) is 0 Å². The van der Waals surface area contributed by atoms with E-state index in [1.807, 2.05) is 0 Å². The largest absolute Gasteiger partial charge is 0.463 e. The Kier molecular flexibility index (Phi) is 10.4. The number of nitrogens with zero attached hydrogens (tertiary/aromatic N) is 3. The van der Waals surface area contributed by atoms with Crippen LogP contribution in [-0.2, 0) is 42.9 Å². The number of hydrogen-bond acceptors (Lipinski definition) is 13. The van der Waals surface area contributed by atoms with Crippen molar-refractivity contribution < 1.29 is 42.9 Å². The van der Waals surface area contributed by atoms with Crippen LogP contribution in [0, 0.1) is 4.77 Å². The SMILES string of the molecule is CC(=O)OCC1OC(n2nc(/C=C/c3ccc(Cl)cc3)c(=O)n(N)c2=S)C(OC(C)=O)C(OC(C)=O)C1OC(C)=O. The monoisotopic (exact) mass is 610 g/mol. The molecule has 1 aromatic heterocycles. The van der Waals surface area contributed by atoms with Crippen LogP contribution in [0.3, 0.4) is 0 Å². The Balaban J connectivity index is 2.18. The van der Waals surface area contributed by atoms with Gasteiger partial charge in [-0.15, -0.1) is 0 Å². The minimum absolute atomic E-state index is 0.191. The Morgan fingerprint density at radius 1 is 0.951 bits per heavy atom. The van der Waals surface area contributed by atoms with Crippen LogP contribution >= 0.6 is 23.8 Å². The Morgan fingerprint density at radius 3 is 2.07 bits per heavy atom. The second-order valence-corrected chi connectivity index (χ2v) is 9.56. The molecule has 2 aromatic rings. The Morgan fingerprint density at radius 2 is 1.51 bits per heavy atom. The van der Waals surface area contributed by atoms with Crippen molar-refractivity contribution >= 4 is 59.8 Å². The number of benzene rings is 1. The second kappa shape index (κ2) is 13.5. The number of ether oxygens (including phenoxy) is 5. The number of rotatable bonds is 8. The average Bonchev–Trinajstić information content (AvgIpc) is 2.88. The molecule has 1 aliphatic rings. The number of nitrogens with two attached hydrogens (primary N) is 1. The summed E-state index contributed by atoms with van der Waals surface area (Å²) in [4.78, 5) is 60.7. The molecule has 5 unspecified atom stereocenters. The van der Waals surface area contributed by atoms with Gasteiger partial charge in [-0.05, 0) is 36.0 Å². The van der Waals surface area contributed by atoms with E-state index in [1.54, 1.807) is 30.3 Å². The fourth-order valence-electron chi connectivity index (χ4n) is 3.94. The highest BCUT2D eigenvalue weighted by Gasteiger charge is 2.53. The van der Waals surface area contributed by atoms with Crippen LogP contribution < -0.4 is 11.4 Å². The number of carbonyl (C=O) groups is 4. The lowest BCUT2D eigenvalue weighted by Crippen LogP contribution is -2.61. The van der Waals surface area contributed by atoms with E-state index in [0.29, 0.717) is 15.3 Å². The van der Waals surface area contributed by atoms with Gasteiger partial charge < -0.3 is 29.5 Å². The quantitative estimate of drug-likeness (QED) is 0.197. The lowest BCUT2D eigenvalue weighted by Gasteiger charge is -2.44. The molecule has 1 aliphatic heterocycles. The van der Waals surface area contributed by atoms with E-state index in [1.165, 1.54) is 6.08 Å². The highest BCUT2D eigenvalue weighted by molar-refractivity contribution is 7.71. The summed E-state index contributed by atoms with van der Waals surface area (Å²) in [6.07, 6.45) is -4.21. The van der Waals surface area contributed by atoms with E-state index in [-0.39, 0.29) is 10.5 Å². The van der Waals surface area contributed by atoms with Gasteiger partial charge in [0.1, 0.15) is 12.7 Å². The lowest BCUT2D eigenvalue weighted by molar-refractivity contribution is -0.271. The molecule has 0 bridgehead atoms. The van der Waals surface area contributed by atoms with Crippen molar-refractivity contribution in [1.82, 2.24) is 14.5 Å². The summed E-state index contributed by atoms with van der Waals surface area (Å²) in [6, 6.07) is 6.71. The zero-order valence-corrected chi connectivity index (χ0v) is 23.9. The van der Waals surface area contributed by atoms with Crippen molar-refractivity contribution in [2.24, 2.45) is 0 Å². The number of aromatic nitrogens is 3. The first kappa shape index (κ1) is 31.4. The normalized spacial score (nSPS) is 22.1. The van der Waals surface area contributed by atoms with Crippen LogP contribution in [0.4, 0.5) is 0 Å². The van der Waals surface area contributed by atoms with Crippen LogP contribution in [0.2, 0.25) is 5.02 Å². The van der Waals surface area contributed by atoms with Crippen LogP contribution in [0.5, 0.6) is 0 Å². The maximum atomic E-state index is 12.9. The molecular formula is C25H27ClN4O10S. The van der Waals surface area contributed by atoms with Gasteiger partial charge in [0.25, 0.3) is 5.56 Å². The topological polar surface area (TPSA) is 180 Å². The van der Waals surface area contributed by atoms with Crippen molar-refractivity contribution in [3.05, 3.63) is 55.7 Å². The van der Waals surface area contributed by atoms with Crippen LogP contribution in [0.25, 0.3) is 12.2 Å². The number of esters is 4. The molecule has 16 heteroatoms. The van der Waals surface area contributed by atoms with Crippen LogP contribution in [-0.4, -0.2) is 69.4 Å². The highest BCUT2D eigenvalue weighted by Crippen LogP contribution is 2.34. The number of nitrogen functional groups attached to an aromatic ring is 1.